The molecule has 0 saturated carbocycles. The second-order valence-electron chi connectivity index (χ2n) is 5.29. The minimum atomic E-state index is 0. The van der Waals surface area contributed by atoms with Crippen molar-refractivity contribution >= 4 is 41.3 Å². The molecule has 3 aromatic rings. The first-order valence-electron chi connectivity index (χ1n) is 7.97. The van der Waals surface area contributed by atoms with E-state index < -0.39 is 0 Å². The zero-order valence-electron chi connectivity index (χ0n) is 14.0. The van der Waals surface area contributed by atoms with Crippen molar-refractivity contribution in [1.29, 1.82) is 0 Å². The lowest BCUT2D eigenvalue weighted by molar-refractivity contribution is 0.786. The van der Waals surface area contributed by atoms with Crippen molar-refractivity contribution in [2.24, 2.45) is 4.99 Å². The van der Waals surface area contributed by atoms with Gasteiger partial charge in [-0.05, 0) is 34.9 Å². The van der Waals surface area contributed by atoms with Crippen molar-refractivity contribution in [2.75, 3.05) is 6.54 Å². The van der Waals surface area contributed by atoms with E-state index in [1.807, 2.05) is 24.4 Å². The van der Waals surface area contributed by atoms with E-state index in [1.54, 1.807) is 11.3 Å². The Morgan fingerprint density at radius 3 is 2.76 bits per heavy atom. The zero-order chi connectivity index (χ0) is 16.6. The molecule has 0 aliphatic heterocycles. The molecular weight excluding hydrogens is 445 g/mol. The summed E-state index contributed by atoms with van der Waals surface area (Å²) in [6.07, 6.45) is 1.86. The second kappa shape index (κ2) is 10.2. The Bertz CT molecular complexity index is 768. The Hall–Kier alpha value is -1.87. The van der Waals surface area contributed by atoms with Gasteiger partial charge in [-0.3, -0.25) is 0 Å². The number of nitrogens with zero attached hydrogens (tertiary/aromatic N) is 2. The Morgan fingerprint density at radius 1 is 1.20 bits per heavy atom. The summed E-state index contributed by atoms with van der Waals surface area (Å²) in [6, 6.07) is 12.3. The number of aromatic nitrogens is 2. The van der Waals surface area contributed by atoms with Crippen LogP contribution in [0.2, 0.25) is 0 Å². The number of hydrogen-bond acceptors (Lipinski definition) is 3. The van der Waals surface area contributed by atoms with Gasteiger partial charge < -0.3 is 15.6 Å². The molecule has 0 aliphatic rings. The Balaban J connectivity index is 0.00000225. The molecule has 1 aromatic carbocycles. The van der Waals surface area contributed by atoms with E-state index >= 15 is 0 Å². The van der Waals surface area contributed by atoms with Crippen LogP contribution in [0.15, 0.2) is 58.3 Å². The fraction of sp³-hybridized carbons (Fsp3) is 0.222. The average molecular weight is 467 g/mol. The number of thiophene rings is 1. The smallest absolute Gasteiger partial charge is 0.191 e. The van der Waals surface area contributed by atoms with Gasteiger partial charge in [-0.15, -0.1) is 24.0 Å². The molecule has 0 atom stereocenters. The molecule has 0 unspecified atom stereocenters. The molecule has 0 radical (unpaired) electrons. The van der Waals surface area contributed by atoms with Crippen molar-refractivity contribution in [3.8, 4) is 11.3 Å². The quantitative estimate of drug-likeness (QED) is 0.292. The van der Waals surface area contributed by atoms with E-state index in [1.165, 1.54) is 5.56 Å². The van der Waals surface area contributed by atoms with E-state index in [9.17, 15) is 0 Å². The number of guanidine groups is 1. The maximum atomic E-state index is 4.60. The molecular formula is C18H22IN5S. The van der Waals surface area contributed by atoms with Gasteiger partial charge in [0.05, 0.1) is 25.0 Å². The van der Waals surface area contributed by atoms with Gasteiger partial charge in [0.15, 0.2) is 5.96 Å². The summed E-state index contributed by atoms with van der Waals surface area (Å²) in [6.45, 7) is 4.15. The SMILES string of the molecule is CCNC(=NCc1ccsc1)NCc1ncc(-c2ccccc2)[nH]1.I. The Labute approximate surface area is 169 Å². The topological polar surface area (TPSA) is 65.1 Å². The van der Waals surface area contributed by atoms with Crippen LogP contribution in [0.4, 0.5) is 0 Å². The molecule has 0 spiro atoms. The Kier molecular flexibility index (Phi) is 7.93. The molecule has 2 aromatic heterocycles. The number of rotatable bonds is 6. The number of hydrogen-bond donors (Lipinski definition) is 3. The largest absolute Gasteiger partial charge is 0.357 e. The summed E-state index contributed by atoms with van der Waals surface area (Å²) in [5.74, 6) is 1.68. The molecule has 7 heteroatoms. The lowest BCUT2D eigenvalue weighted by Crippen LogP contribution is -2.37. The van der Waals surface area contributed by atoms with Gasteiger partial charge >= 0.3 is 0 Å². The van der Waals surface area contributed by atoms with E-state index in [4.69, 9.17) is 0 Å². The molecule has 0 fully saturated rings. The van der Waals surface area contributed by atoms with Crippen molar-refractivity contribution in [3.63, 3.8) is 0 Å². The van der Waals surface area contributed by atoms with Gasteiger partial charge in [0.25, 0.3) is 0 Å². The number of halogens is 1. The van der Waals surface area contributed by atoms with Crippen molar-refractivity contribution < 1.29 is 0 Å². The minimum absolute atomic E-state index is 0. The van der Waals surface area contributed by atoms with Crippen molar-refractivity contribution in [1.82, 2.24) is 20.6 Å². The Morgan fingerprint density at radius 2 is 2.04 bits per heavy atom. The van der Waals surface area contributed by atoms with Crippen LogP contribution in [0.1, 0.15) is 18.3 Å². The third-order valence-corrected chi connectivity index (χ3v) is 4.21. The summed E-state index contributed by atoms with van der Waals surface area (Å²) in [5.41, 5.74) is 3.38. The highest BCUT2D eigenvalue weighted by Crippen LogP contribution is 2.15. The van der Waals surface area contributed by atoms with Crippen LogP contribution in [0.5, 0.6) is 0 Å². The second-order valence-corrected chi connectivity index (χ2v) is 6.07. The van der Waals surface area contributed by atoms with Crippen LogP contribution in [-0.4, -0.2) is 22.5 Å². The molecule has 0 saturated heterocycles. The lowest BCUT2D eigenvalue weighted by Gasteiger charge is -2.09. The summed E-state index contributed by atoms with van der Waals surface area (Å²) in [4.78, 5) is 12.4. The van der Waals surface area contributed by atoms with Gasteiger partial charge in [0, 0.05) is 6.54 Å². The standard InChI is InChI=1S/C18H21N5S.HI/c1-2-19-18(21-10-14-8-9-24-13-14)22-12-17-20-11-16(23-17)15-6-4-3-5-7-15;/h3-9,11,13H,2,10,12H2,1H3,(H,20,23)(H2,19,21,22);1H. The monoisotopic (exact) mass is 467 g/mol. The molecule has 5 nitrogen and oxygen atoms in total. The van der Waals surface area contributed by atoms with Crippen LogP contribution in [0.25, 0.3) is 11.3 Å². The molecule has 0 aliphatic carbocycles. The maximum Gasteiger partial charge on any atom is 0.191 e. The number of imidazole rings is 1. The molecule has 0 amide bonds. The molecule has 2 heterocycles. The fourth-order valence-corrected chi connectivity index (χ4v) is 2.94. The van der Waals surface area contributed by atoms with Gasteiger partial charge in [0.2, 0.25) is 0 Å². The van der Waals surface area contributed by atoms with Crippen LogP contribution in [-0.2, 0) is 13.1 Å². The van der Waals surface area contributed by atoms with Crippen molar-refractivity contribution in [2.45, 2.75) is 20.0 Å². The van der Waals surface area contributed by atoms with Crippen molar-refractivity contribution in [3.05, 3.63) is 64.7 Å². The van der Waals surface area contributed by atoms with E-state index in [0.717, 1.165) is 29.6 Å². The fourth-order valence-electron chi connectivity index (χ4n) is 2.28. The van der Waals surface area contributed by atoms with E-state index in [0.29, 0.717) is 13.1 Å². The minimum Gasteiger partial charge on any atom is -0.357 e. The van der Waals surface area contributed by atoms with Gasteiger partial charge in [-0.25, -0.2) is 9.98 Å². The van der Waals surface area contributed by atoms with Gasteiger partial charge in [-0.2, -0.15) is 11.3 Å². The average Bonchev–Trinajstić information content (AvgIpc) is 3.30. The van der Waals surface area contributed by atoms with Crippen LogP contribution in [0.3, 0.4) is 0 Å². The highest BCUT2D eigenvalue weighted by molar-refractivity contribution is 14.0. The summed E-state index contributed by atoms with van der Waals surface area (Å²) < 4.78 is 0. The van der Waals surface area contributed by atoms with Crippen LogP contribution >= 0.6 is 35.3 Å². The predicted octanol–water partition coefficient (Wildman–Crippen LogP) is 4.01. The summed E-state index contributed by atoms with van der Waals surface area (Å²) >= 11 is 1.69. The number of H-pyrrole nitrogens is 1. The summed E-state index contributed by atoms with van der Waals surface area (Å²) in [5, 5.41) is 10.8. The first-order valence-corrected chi connectivity index (χ1v) is 8.92. The van der Waals surface area contributed by atoms with Crippen LogP contribution in [0, 0.1) is 0 Å². The number of benzene rings is 1. The van der Waals surface area contributed by atoms with E-state index in [-0.39, 0.29) is 24.0 Å². The highest BCUT2D eigenvalue weighted by Gasteiger charge is 2.04. The molecule has 0 bridgehead atoms. The third kappa shape index (κ3) is 5.86. The molecule has 132 valence electrons. The molecule has 3 N–H and O–H groups in total. The van der Waals surface area contributed by atoms with Gasteiger partial charge in [0.1, 0.15) is 5.82 Å². The lowest BCUT2D eigenvalue weighted by atomic mass is 10.2. The normalized spacial score (nSPS) is 11.0. The number of aliphatic imine (C=N–C) groups is 1. The first kappa shape index (κ1) is 19.5. The van der Waals surface area contributed by atoms with Gasteiger partial charge in [-0.1, -0.05) is 30.3 Å². The van der Waals surface area contributed by atoms with Crippen LogP contribution < -0.4 is 10.6 Å². The predicted molar refractivity (Wildman–Crippen MR) is 115 cm³/mol. The third-order valence-electron chi connectivity index (χ3n) is 3.48. The molecule has 3 rings (SSSR count). The molecule has 25 heavy (non-hydrogen) atoms. The highest BCUT2D eigenvalue weighted by atomic mass is 127. The summed E-state index contributed by atoms with van der Waals surface area (Å²) in [7, 11) is 0. The number of nitrogens with one attached hydrogen (secondary N) is 3. The first-order chi connectivity index (χ1) is 11.8. The maximum absolute atomic E-state index is 4.60. The van der Waals surface area contributed by atoms with E-state index in [2.05, 4.69) is 61.5 Å². The zero-order valence-corrected chi connectivity index (χ0v) is 17.2. The number of aromatic amines is 1.